The second-order valence-electron chi connectivity index (χ2n) is 15.6. The van der Waals surface area contributed by atoms with Gasteiger partial charge in [-0.05, 0) is 78.7 Å². The van der Waals surface area contributed by atoms with Crippen molar-refractivity contribution in [1.82, 2.24) is 10.6 Å². The molecule has 0 radical (unpaired) electrons. The highest BCUT2D eigenvalue weighted by Crippen LogP contribution is 2.43. The number of halogens is 1. The third-order valence-electron chi connectivity index (χ3n) is 10.8. The zero-order valence-corrected chi connectivity index (χ0v) is 38.9. The molecule has 0 fully saturated rings. The minimum atomic E-state index is -0.143. The fourth-order valence-corrected chi connectivity index (χ4v) is 9.70. The van der Waals surface area contributed by atoms with Gasteiger partial charge in [0.15, 0.2) is 0 Å². The van der Waals surface area contributed by atoms with Crippen LogP contribution in [0.25, 0.3) is 0 Å². The Kier molecular flexibility index (Phi) is 15.5. The number of hydrogen-bond acceptors (Lipinski definition) is 7. The van der Waals surface area contributed by atoms with Gasteiger partial charge in [0.25, 0.3) is 5.91 Å². The van der Waals surface area contributed by atoms with Gasteiger partial charge >= 0.3 is 0 Å². The van der Waals surface area contributed by atoms with Gasteiger partial charge in [0.1, 0.15) is 6.29 Å². The van der Waals surface area contributed by atoms with Crippen LogP contribution in [0, 0.1) is 0 Å². The first-order valence-corrected chi connectivity index (χ1v) is 23.7. The van der Waals surface area contributed by atoms with Crippen molar-refractivity contribution in [2.24, 2.45) is 9.98 Å². The maximum absolute atomic E-state index is 12.8. The monoisotopic (exact) mass is 918 g/mol. The van der Waals surface area contributed by atoms with Gasteiger partial charge < -0.3 is 10.6 Å². The predicted molar refractivity (Wildman–Crippen MR) is 274 cm³/mol. The molecule has 2 aliphatic heterocycles. The van der Waals surface area contributed by atoms with Gasteiger partial charge in [-0.2, -0.15) is 0 Å². The molecule has 8 aromatic rings. The molecule has 0 spiro atoms. The fourth-order valence-electron chi connectivity index (χ4n) is 7.48. The average molecular weight is 920 g/mol. The van der Waals surface area contributed by atoms with E-state index in [1.165, 1.54) is 10.5 Å². The summed E-state index contributed by atoms with van der Waals surface area (Å²) in [5.74, 6) is 0.470. The highest BCUT2D eigenvalue weighted by atomic mass is 35.5. The molecule has 2 heterocycles. The fraction of sp³-hybridized carbons (Fsp3) is 0.0877. The van der Waals surface area contributed by atoms with Crippen molar-refractivity contribution < 1.29 is 9.59 Å². The molecular formula is C57H47ClN4O2S2. The number of nitrogens with zero attached hydrogens (tertiary/aromatic N) is 2. The molecule has 66 heavy (non-hydrogen) atoms. The van der Waals surface area contributed by atoms with Crippen molar-refractivity contribution in [3.63, 3.8) is 0 Å². The molecule has 0 aromatic heterocycles. The molecule has 0 saturated heterocycles. The van der Waals surface area contributed by atoms with Crippen LogP contribution in [0.1, 0.15) is 66.9 Å². The molecular weight excluding hydrogens is 872 g/mol. The highest BCUT2D eigenvalue weighted by molar-refractivity contribution is 7.99. The minimum absolute atomic E-state index is 0.143. The molecule has 0 bridgehead atoms. The molecule has 9 heteroatoms. The van der Waals surface area contributed by atoms with Crippen LogP contribution in [-0.4, -0.2) is 37.2 Å². The van der Waals surface area contributed by atoms with Crippen molar-refractivity contribution in [2.45, 2.75) is 39.0 Å². The molecule has 0 saturated carbocycles. The van der Waals surface area contributed by atoms with E-state index in [-0.39, 0.29) is 5.91 Å². The number of nitrogens with one attached hydrogen (secondary N) is 2. The predicted octanol–water partition coefficient (Wildman–Crippen LogP) is 14.0. The number of hydrogen-bond donors (Lipinski definition) is 2. The van der Waals surface area contributed by atoms with E-state index in [9.17, 15) is 9.59 Å². The number of aldehydes is 1. The van der Waals surface area contributed by atoms with Gasteiger partial charge in [-0.25, -0.2) is 9.98 Å². The van der Waals surface area contributed by atoms with Gasteiger partial charge in [0, 0.05) is 71.1 Å². The SMILES string of the molecule is CNCC(C)c1ccccc1.O=C(NCc1cccc(Cl)c1)c1ccc2c(c1)N=C(c1ccccc1)c1ccccc1S2.O=Cc1ccc2c(c1)N=C(c1ccccc1)c1ccccc1S2. The first-order chi connectivity index (χ1) is 32.4. The van der Waals surface area contributed by atoms with Crippen LogP contribution in [0.15, 0.2) is 230 Å². The van der Waals surface area contributed by atoms with Crippen LogP contribution in [0.4, 0.5) is 11.4 Å². The summed E-state index contributed by atoms with van der Waals surface area (Å²) in [6, 6.07) is 66.3. The maximum Gasteiger partial charge on any atom is 0.251 e. The first kappa shape index (κ1) is 45.7. The van der Waals surface area contributed by atoms with Crippen LogP contribution in [0.3, 0.4) is 0 Å². The lowest BCUT2D eigenvalue weighted by Gasteiger charge is -2.09. The summed E-state index contributed by atoms with van der Waals surface area (Å²) in [5, 5.41) is 6.79. The molecule has 2 N–H and O–H groups in total. The van der Waals surface area contributed by atoms with Crippen molar-refractivity contribution in [3.05, 3.63) is 250 Å². The third-order valence-corrected chi connectivity index (χ3v) is 13.4. The number of aliphatic imine (C=N–C) groups is 2. The lowest BCUT2D eigenvalue weighted by Crippen LogP contribution is -2.22. The van der Waals surface area contributed by atoms with E-state index in [1.807, 2.05) is 128 Å². The van der Waals surface area contributed by atoms with E-state index >= 15 is 0 Å². The maximum atomic E-state index is 12.8. The molecule has 10 rings (SSSR count). The van der Waals surface area contributed by atoms with Gasteiger partial charge in [-0.15, -0.1) is 0 Å². The molecule has 1 unspecified atom stereocenters. The largest absolute Gasteiger partial charge is 0.348 e. The third kappa shape index (κ3) is 11.5. The Hall–Kier alpha value is -6.81. The number of benzene rings is 8. The summed E-state index contributed by atoms with van der Waals surface area (Å²) in [4.78, 5) is 38.3. The summed E-state index contributed by atoms with van der Waals surface area (Å²) in [7, 11) is 1.99. The number of carbonyl (C=O) groups is 2. The van der Waals surface area contributed by atoms with Gasteiger partial charge in [-0.1, -0.05) is 188 Å². The summed E-state index contributed by atoms with van der Waals surface area (Å²) in [5.41, 5.74) is 11.4. The number of amides is 1. The number of rotatable bonds is 9. The van der Waals surface area contributed by atoms with Crippen LogP contribution in [0.5, 0.6) is 0 Å². The second kappa shape index (κ2) is 22.4. The van der Waals surface area contributed by atoms with E-state index in [0.717, 1.165) is 78.1 Å². The summed E-state index contributed by atoms with van der Waals surface area (Å²) in [6.07, 6.45) is 0.862. The lowest BCUT2D eigenvalue weighted by atomic mass is 10.0. The number of likely N-dealkylation sites (N-methyl/N-ethyl adjacent to an activating group) is 1. The van der Waals surface area contributed by atoms with E-state index < -0.39 is 0 Å². The summed E-state index contributed by atoms with van der Waals surface area (Å²) < 4.78 is 0. The number of carbonyl (C=O) groups excluding carboxylic acids is 2. The van der Waals surface area contributed by atoms with E-state index in [2.05, 4.69) is 96.4 Å². The van der Waals surface area contributed by atoms with E-state index in [4.69, 9.17) is 21.6 Å². The van der Waals surface area contributed by atoms with Crippen LogP contribution in [0.2, 0.25) is 5.02 Å². The van der Waals surface area contributed by atoms with Crippen LogP contribution in [-0.2, 0) is 6.54 Å². The molecule has 6 nitrogen and oxygen atoms in total. The quantitative estimate of drug-likeness (QED) is 0.141. The normalized spacial score (nSPS) is 12.5. The second-order valence-corrected chi connectivity index (χ2v) is 18.2. The first-order valence-electron chi connectivity index (χ1n) is 21.6. The average Bonchev–Trinajstić information content (AvgIpc) is 3.64. The van der Waals surface area contributed by atoms with Crippen LogP contribution < -0.4 is 10.6 Å². The minimum Gasteiger partial charge on any atom is -0.348 e. The molecule has 1 amide bonds. The Morgan fingerprint density at radius 3 is 1.68 bits per heavy atom. The van der Waals surface area contributed by atoms with E-state index in [1.54, 1.807) is 23.5 Å². The molecule has 0 aliphatic carbocycles. The Labute approximate surface area is 400 Å². The van der Waals surface area contributed by atoms with Crippen molar-refractivity contribution in [3.8, 4) is 0 Å². The van der Waals surface area contributed by atoms with Gasteiger partial charge in [0.05, 0.1) is 22.8 Å². The van der Waals surface area contributed by atoms with Crippen LogP contribution >= 0.6 is 35.1 Å². The van der Waals surface area contributed by atoms with Crippen molar-refractivity contribution in [1.29, 1.82) is 0 Å². The van der Waals surface area contributed by atoms with Gasteiger partial charge in [0.2, 0.25) is 0 Å². The van der Waals surface area contributed by atoms with E-state index in [0.29, 0.717) is 28.6 Å². The molecule has 326 valence electrons. The standard InChI is InChI=1S/C27H19ClN2OS.C20H13NOS.C10H15N/c28-21-10-6-7-18(15-21)17-29-27(31)20-13-14-25-23(16-20)30-26(19-8-2-1-3-9-19)22-11-4-5-12-24(22)32-25;22-13-14-10-11-19-17(12-14)21-20(15-6-2-1-3-7-15)16-8-4-5-9-18(16)23-19;1-9(8-11-2)10-6-4-3-5-7-10/h1-16H,17H2,(H,29,31);1-13H;3-7,9,11H,8H2,1-2H3. The molecule has 8 aromatic carbocycles. The zero-order chi connectivity index (χ0) is 45.7. The zero-order valence-electron chi connectivity index (χ0n) is 36.5. The Morgan fingerprint density at radius 2 is 1.12 bits per heavy atom. The molecule has 2 aliphatic rings. The topological polar surface area (TPSA) is 82.9 Å². The van der Waals surface area contributed by atoms with Crippen molar-refractivity contribution in [2.75, 3.05) is 13.6 Å². The smallest absolute Gasteiger partial charge is 0.251 e. The summed E-state index contributed by atoms with van der Waals surface area (Å²) >= 11 is 9.41. The Bertz CT molecular complexity index is 3020. The van der Waals surface area contributed by atoms with Crippen molar-refractivity contribution >= 4 is 70.1 Å². The summed E-state index contributed by atoms with van der Waals surface area (Å²) in [6.45, 7) is 3.69. The Morgan fingerprint density at radius 1 is 0.591 bits per heavy atom. The lowest BCUT2D eigenvalue weighted by molar-refractivity contribution is 0.0950. The Balaban J connectivity index is 0.000000151. The molecule has 1 atom stereocenters. The number of fused-ring (bicyclic) bond motifs is 4. The van der Waals surface area contributed by atoms with Gasteiger partial charge in [-0.3, -0.25) is 9.59 Å². The highest BCUT2D eigenvalue weighted by Gasteiger charge is 2.21.